The molecule has 0 aromatic heterocycles. The van der Waals surface area contributed by atoms with Crippen molar-refractivity contribution in [3.05, 3.63) is 16.7 Å². The van der Waals surface area contributed by atoms with Gasteiger partial charge in [0, 0.05) is 0 Å². The number of nitrogens with zero attached hydrogens (tertiary/aromatic N) is 1. The maximum Gasteiger partial charge on any atom is 0.417 e. The van der Waals surface area contributed by atoms with E-state index in [1.807, 2.05) is 0 Å². The fraction of sp³-hybridized carbons (Fsp3) is 0.500. The van der Waals surface area contributed by atoms with E-state index in [-0.39, 0.29) is 0 Å². The number of halogens is 3. The Bertz CT molecular complexity index is 110. The van der Waals surface area contributed by atoms with E-state index in [0.717, 1.165) is 0 Å². The van der Waals surface area contributed by atoms with Crippen LogP contribution in [-0.4, -0.2) is 11.3 Å². The number of alkyl halides is 3. The van der Waals surface area contributed by atoms with E-state index in [2.05, 4.69) is 4.84 Å². The summed E-state index contributed by atoms with van der Waals surface area (Å²) >= 11 is 0. The minimum absolute atomic E-state index is 0.812. The molecule has 0 unspecified atom stereocenters. The van der Waals surface area contributed by atoms with Crippen LogP contribution in [0.3, 0.4) is 0 Å². The number of rotatable bonds is 2. The highest BCUT2D eigenvalue weighted by atomic mass is 19.4. The number of hydrogen-bond acceptors (Lipinski definition) is 3. The molecule has 0 rings (SSSR count). The lowest BCUT2D eigenvalue weighted by Gasteiger charge is -2.00. The Balaban J connectivity index is 3.39. The highest BCUT2D eigenvalue weighted by Gasteiger charge is 2.30. The summed E-state index contributed by atoms with van der Waals surface area (Å²) in [5.74, 6) is 0. The van der Waals surface area contributed by atoms with Crippen LogP contribution in [0.15, 0.2) is 0 Å². The van der Waals surface area contributed by atoms with Gasteiger partial charge in [-0.2, -0.15) is 13.2 Å². The molecule has 0 atom stereocenters. The van der Waals surface area contributed by atoms with Crippen LogP contribution in [0.4, 0.5) is 13.2 Å². The molecular weight excluding hydrogens is 143 g/mol. The minimum atomic E-state index is -4.76. The van der Waals surface area contributed by atoms with Gasteiger partial charge in [0.05, 0.1) is 0 Å². The molecule has 0 aromatic rings. The molecule has 0 aliphatic heterocycles. The predicted molar refractivity (Wildman–Crippen MR) is 18.4 cm³/mol. The molecule has 0 aliphatic rings. The van der Waals surface area contributed by atoms with Crippen molar-refractivity contribution in [3.63, 3.8) is 0 Å². The van der Waals surface area contributed by atoms with Gasteiger partial charge in [0.25, 0.3) is 5.09 Å². The summed E-state index contributed by atoms with van der Waals surface area (Å²) in [4.78, 5) is 12.0. The predicted octanol–water partition coefficient (Wildman–Crippen LogP) is 0.919. The molecule has 0 aliphatic carbocycles. The molecule has 4 nitrogen and oxygen atoms in total. The third kappa shape index (κ3) is 6.99. The van der Waals surface area contributed by atoms with Crippen molar-refractivity contribution in [2.75, 3.05) is 0 Å². The largest absolute Gasteiger partial charge is 0.417 e. The van der Waals surface area contributed by atoms with Crippen molar-refractivity contribution in [1.82, 2.24) is 0 Å². The normalized spacial score (nSPS) is 11.0. The van der Waals surface area contributed by atoms with Gasteiger partial charge < -0.3 is 0 Å². The lowest BCUT2D eigenvalue weighted by molar-refractivity contribution is -0.750. The second-order valence-electron chi connectivity index (χ2n) is 0.988. The van der Waals surface area contributed by atoms with Gasteiger partial charge in [-0.05, 0) is 0 Å². The van der Waals surface area contributed by atoms with Crippen LogP contribution < -0.4 is 0 Å². The third-order valence-corrected chi connectivity index (χ3v) is 0.272. The second-order valence-corrected chi connectivity index (χ2v) is 0.988. The molecule has 0 fully saturated rings. The fourth-order valence-corrected chi connectivity index (χ4v) is 0.103. The summed E-state index contributed by atoms with van der Waals surface area (Å²) in [7, 11) is 0. The topological polar surface area (TPSA) is 52.4 Å². The first-order chi connectivity index (χ1) is 3.92. The first-order valence-electron chi connectivity index (χ1n) is 1.64. The lowest BCUT2D eigenvalue weighted by atomic mass is 10.7. The molecule has 0 N–H and O–H groups in total. The SMILES string of the molecule is O=[N+]([O-])O[CH]C(F)(F)F. The zero-order valence-corrected chi connectivity index (χ0v) is 3.88. The van der Waals surface area contributed by atoms with Gasteiger partial charge in [0.1, 0.15) is 0 Å². The van der Waals surface area contributed by atoms with Crippen molar-refractivity contribution in [1.29, 1.82) is 0 Å². The van der Waals surface area contributed by atoms with E-state index in [1.165, 1.54) is 0 Å². The smallest absolute Gasteiger partial charge is 0.298 e. The van der Waals surface area contributed by atoms with E-state index in [9.17, 15) is 13.2 Å². The third-order valence-electron chi connectivity index (χ3n) is 0.272. The Hall–Kier alpha value is -1.01. The van der Waals surface area contributed by atoms with Crippen LogP contribution in [-0.2, 0) is 4.84 Å². The summed E-state index contributed by atoms with van der Waals surface area (Å²) in [5, 5.41) is 7.55. The van der Waals surface area contributed by atoms with E-state index in [4.69, 9.17) is 10.1 Å². The highest BCUT2D eigenvalue weighted by Crippen LogP contribution is 2.18. The average Bonchev–Trinajstić information content (AvgIpc) is 1.59. The summed E-state index contributed by atoms with van der Waals surface area (Å²) in [5.41, 5.74) is 0. The summed E-state index contributed by atoms with van der Waals surface area (Å²) < 4.78 is 32.8. The van der Waals surface area contributed by atoms with Crippen molar-refractivity contribution < 1.29 is 23.1 Å². The molecule has 0 aromatic carbocycles. The average molecular weight is 144 g/mol. The maximum atomic E-state index is 10.9. The molecule has 0 saturated carbocycles. The molecular formula is C2HF3NO3. The summed E-state index contributed by atoms with van der Waals surface area (Å²) in [6.45, 7) is -0.812. The maximum absolute atomic E-state index is 10.9. The second kappa shape index (κ2) is 2.51. The fourth-order valence-electron chi connectivity index (χ4n) is 0.103. The highest BCUT2D eigenvalue weighted by molar-refractivity contribution is 4.58. The van der Waals surface area contributed by atoms with Crippen molar-refractivity contribution >= 4 is 0 Å². The van der Waals surface area contributed by atoms with Crippen LogP contribution in [0.25, 0.3) is 0 Å². The van der Waals surface area contributed by atoms with Crippen LogP contribution in [0.5, 0.6) is 0 Å². The van der Waals surface area contributed by atoms with Crippen molar-refractivity contribution in [3.8, 4) is 0 Å². The van der Waals surface area contributed by atoms with E-state index < -0.39 is 17.9 Å². The van der Waals surface area contributed by atoms with Gasteiger partial charge >= 0.3 is 6.18 Å². The molecule has 7 heteroatoms. The van der Waals surface area contributed by atoms with E-state index in [1.54, 1.807) is 0 Å². The first-order valence-corrected chi connectivity index (χ1v) is 1.64. The quantitative estimate of drug-likeness (QED) is 0.427. The zero-order valence-electron chi connectivity index (χ0n) is 3.88. The molecule has 1 radical (unpaired) electrons. The van der Waals surface area contributed by atoms with Crippen LogP contribution in [0.2, 0.25) is 0 Å². The van der Waals surface area contributed by atoms with Crippen molar-refractivity contribution in [2.24, 2.45) is 0 Å². The molecule has 0 saturated heterocycles. The van der Waals surface area contributed by atoms with Crippen molar-refractivity contribution in [2.45, 2.75) is 6.18 Å². The van der Waals surface area contributed by atoms with Gasteiger partial charge in [0.15, 0.2) is 0 Å². The number of hydrogen-bond donors (Lipinski definition) is 0. The van der Waals surface area contributed by atoms with E-state index >= 15 is 0 Å². The Morgan fingerprint density at radius 1 is 1.56 bits per heavy atom. The molecule has 0 spiro atoms. The van der Waals surface area contributed by atoms with Gasteiger partial charge in [-0.25, -0.2) is 0 Å². The first kappa shape index (κ1) is 7.99. The lowest BCUT2D eigenvalue weighted by Crippen LogP contribution is -2.13. The molecule has 9 heavy (non-hydrogen) atoms. The van der Waals surface area contributed by atoms with Gasteiger partial charge in [-0.3, -0.25) is 4.84 Å². The van der Waals surface area contributed by atoms with Crippen LogP contribution >= 0.6 is 0 Å². The van der Waals surface area contributed by atoms with Gasteiger partial charge in [-0.15, -0.1) is 10.1 Å². The molecule has 0 bridgehead atoms. The molecule has 0 amide bonds. The minimum Gasteiger partial charge on any atom is -0.298 e. The zero-order chi connectivity index (χ0) is 7.49. The summed E-state index contributed by atoms with van der Waals surface area (Å²) in [6.07, 6.45) is -4.76. The summed E-state index contributed by atoms with van der Waals surface area (Å²) in [6, 6.07) is 0. The Kier molecular flexibility index (Phi) is 2.23. The molecule has 0 heterocycles. The standard InChI is InChI=1S/C2HF3NO3/c3-2(4,5)1-9-6(7)8/h1H. The van der Waals surface area contributed by atoms with Crippen LogP contribution in [0.1, 0.15) is 0 Å². The monoisotopic (exact) mass is 144 g/mol. The Labute approximate surface area is 47.3 Å². The van der Waals surface area contributed by atoms with Crippen LogP contribution in [0, 0.1) is 16.7 Å². The Morgan fingerprint density at radius 3 is 2.11 bits per heavy atom. The molecule has 53 valence electrons. The van der Waals surface area contributed by atoms with Gasteiger partial charge in [-0.1, -0.05) is 0 Å². The van der Waals surface area contributed by atoms with Gasteiger partial charge in [0.2, 0.25) is 6.61 Å². The Morgan fingerprint density at radius 2 is 2.00 bits per heavy atom. The van der Waals surface area contributed by atoms with E-state index in [0.29, 0.717) is 0 Å².